The van der Waals surface area contributed by atoms with Crippen LogP contribution in [0.15, 0.2) is 64.9 Å². The van der Waals surface area contributed by atoms with Crippen molar-refractivity contribution in [1.29, 1.82) is 0 Å². The van der Waals surface area contributed by atoms with Gasteiger partial charge >= 0.3 is 0 Å². The van der Waals surface area contributed by atoms with Gasteiger partial charge in [-0.3, -0.25) is 9.36 Å². The van der Waals surface area contributed by atoms with Crippen molar-refractivity contribution in [3.63, 3.8) is 0 Å². The lowest BCUT2D eigenvalue weighted by molar-refractivity contribution is 0.475. The molecule has 0 unspecified atom stereocenters. The predicted octanol–water partition coefficient (Wildman–Crippen LogP) is 5.30. The van der Waals surface area contributed by atoms with Crippen molar-refractivity contribution < 1.29 is 9.50 Å². The number of halogens is 2. The first kappa shape index (κ1) is 23.1. The lowest BCUT2D eigenvalue weighted by atomic mass is 10.1. The van der Waals surface area contributed by atoms with E-state index in [0.717, 1.165) is 5.56 Å². The first-order chi connectivity index (χ1) is 17.8. The lowest BCUT2D eigenvalue weighted by Gasteiger charge is -2.14. The Balaban J connectivity index is 1.61. The van der Waals surface area contributed by atoms with Crippen molar-refractivity contribution in [2.24, 2.45) is 0 Å². The maximum atomic E-state index is 14.9. The quantitative estimate of drug-likeness (QED) is 0.319. The Morgan fingerprint density at radius 2 is 1.97 bits per heavy atom. The summed E-state index contributed by atoms with van der Waals surface area (Å²) in [4.78, 5) is 23.4. The number of aromatic nitrogens is 5. The molecule has 6 rings (SSSR count). The summed E-state index contributed by atoms with van der Waals surface area (Å²) >= 11 is 7.51. The molecule has 4 heterocycles. The average Bonchev–Trinajstić information content (AvgIpc) is 3.43. The number of nitrogens with two attached hydrogens (primary N) is 1. The maximum Gasteiger partial charge on any atom is 0.267 e. The topological polar surface area (TPSA) is 112 Å². The van der Waals surface area contributed by atoms with Gasteiger partial charge in [-0.05, 0) is 54.3 Å². The van der Waals surface area contributed by atoms with Crippen LogP contribution in [0.25, 0.3) is 38.2 Å². The molecular formula is C26H18ClFN6O2S. The van der Waals surface area contributed by atoms with Crippen LogP contribution in [-0.2, 0) is 6.54 Å². The molecule has 11 heteroatoms. The van der Waals surface area contributed by atoms with Crippen LogP contribution < -0.4 is 11.3 Å². The van der Waals surface area contributed by atoms with Crippen LogP contribution in [0.4, 0.5) is 10.1 Å². The Morgan fingerprint density at radius 1 is 1.16 bits per heavy atom. The van der Waals surface area contributed by atoms with E-state index in [-0.39, 0.29) is 34.4 Å². The SMILES string of the molecule is Cc1csc2nc(Cn3nc(-c4ccc(O)c(Cl)c4)c4c(N)ccnc43)n(-c3ccccc3F)c(=O)c12. The molecule has 0 saturated carbocycles. The number of para-hydroxylation sites is 1. The van der Waals surface area contributed by atoms with E-state index in [1.807, 2.05) is 12.3 Å². The molecule has 2 aromatic carbocycles. The fourth-order valence-electron chi connectivity index (χ4n) is 4.38. The van der Waals surface area contributed by atoms with Crippen LogP contribution in [0, 0.1) is 12.7 Å². The summed E-state index contributed by atoms with van der Waals surface area (Å²) < 4.78 is 17.8. The Morgan fingerprint density at radius 3 is 2.76 bits per heavy atom. The summed E-state index contributed by atoms with van der Waals surface area (Å²) in [6, 6.07) is 12.5. The number of rotatable bonds is 4. The maximum absolute atomic E-state index is 14.9. The number of nitrogen functional groups attached to an aromatic ring is 1. The summed E-state index contributed by atoms with van der Waals surface area (Å²) in [6.07, 6.45) is 1.56. The van der Waals surface area contributed by atoms with Crippen LogP contribution in [-0.4, -0.2) is 29.4 Å². The molecule has 0 bridgehead atoms. The summed E-state index contributed by atoms with van der Waals surface area (Å²) in [6.45, 7) is 1.84. The molecule has 0 saturated heterocycles. The van der Waals surface area contributed by atoms with Gasteiger partial charge in [0.2, 0.25) is 0 Å². The third kappa shape index (κ3) is 3.73. The molecular weight excluding hydrogens is 515 g/mol. The van der Waals surface area contributed by atoms with Crippen molar-refractivity contribution in [3.8, 4) is 22.7 Å². The fraction of sp³-hybridized carbons (Fsp3) is 0.0769. The highest BCUT2D eigenvalue weighted by Crippen LogP contribution is 2.35. The van der Waals surface area contributed by atoms with Crippen molar-refractivity contribution >= 4 is 49.9 Å². The number of nitrogens with zero attached hydrogens (tertiary/aromatic N) is 5. The Kier molecular flexibility index (Phi) is 5.43. The number of aryl methyl sites for hydroxylation is 1. The molecule has 0 aliphatic rings. The zero-order valence-corrected chi connectivity index (χ0v) is 20.9. The van der Waals surface area contributed by atoms with Crippen molar-refractivity contribution in [2.75, 3.05) is 5.73 Å². The molecule has 0 radical (unpaired) electrons. The number of hydrogen-bond acceptors (Lipinski definition) is 7. The number of phenols is 1. The first-order valence-corrected chi connectivity index (χ1v) is 12.4. The summed E-state index contributed by atoms with van der Waals surface area (Å²) in [5.41, 5.74) is 8.84. The zero-order valence-electron chi connectivity index (χ0n) is 19.3. The molecule has 0 atom stereocenters. The third-order valence-electron chi connectivity index (χ3n) is 6.13. The van der Waals surface area contributed by atoms with Crippen molar-refractivity contribution in [1.82, 2.24) is 24.3 Å². The third-order valence-corrected chi connectivity index (χ3v) is 7.42. The van der Waals surface area contributed by atoms with Gasteiger partial charge in [0, 0.05) is 17.4 Å². The average molecular weight is 533 g/mol. The van der Waals surface area contributed by atoms with E-state index >= 15 is 0 Å². The predicted molar refractivity (Wildman–Crippen MR) is 143 cm³/mol. The molecule has 6 aromatic rings. The number of anilines is 1. The van der Waals surface area contributed by atoms with Crippen LogP contribution >= 0.6 is 22.9 Å². The van der Waals surface area contributed by atoms with Gasteiger partial charge in [-0.2, -0.15) is 5.10 Å². The molecule has 184 valence electrons. The standard InChI is InChI=1S/C26H18ClFN6O2S/c1-13-12-37-25-21(13)26(36)34(18-5-3-2-4-16(18)28)20(31-25)11-33-24-22(17(29)8-9-30-24)23(32-33)14-6-7-19(35)15(27)10-14/h2-10,12,35H,11H2,1H3,(H2,29,30). The van der Waals surface area contributed by atoms with Crippen molar-refractivity contribution in [2.45, 2.75) is 13.5 Å². The number of fused-ring (bicyclic) bond motifs is 2. The van der Waals surface area contributed by atoms with Crippen LogP contribution in [0.5, 0.6) is 5.75 Å². The Bertz CT molecular complexity index is 1910. The molecule has 0 amide bonds. The molecule has 0 aliphatic heterocycles. The van der Waals surface area contributed by atoms with Gasteiger partial charge in [0.15, 0.2) is 5.65 Å². The number of phenolic OH excluding ortho intramolecular Hbond substituents is 1. The van der Waals surface area contributed by atoms with E-state index in [1.54, 1.807) is 41.2 Å². The van der Waals surface area contributed by atoms with E-state index < -0.39 is 5.82 Å². The van der Waals surface area contributed by atoms with E-state index in [2.05, 4.69) is 4.98 Å². The minimum Gasteiger partial charge on any atom is -0.506 e. The molecule has 0 spiro atoms. The second-order valence-corrected chi connectivity index (χ2v) is 9.76. The summed E-state index contributed by atoms with van der Waals surface area (Å²) in [5, 5.41) is 17.7. The zero-order chi connectivity index (χ0) is 25.8. The van der Waals surface area contributed by atoms with Crippen molar-refractivity contribution in [3.05, 3.63) is 92.7 Å². The summed E-state index contributed by atoms with van der Waals surface area (Å²) in [5.74, 6) is -0.321. The smallest absolute Gasteiger partial charge is 0.267 e. The van der Waals surface area contributed by atoms with Gasteiger partial charge in [0.25, 0.3) is 5.56 Å². The van der Waals surface area contributed by atoms with Gasteiger partial charge in [0.05, 0.1) is 21.5 Å². The highest BCUT2D eigenvalue weighted by molar-refractivity contribution is 7.16. The molecule has 0 fully saturated rings. The van der Waals surface area contributed by atoms with E-state index in [4.69, 9.17) is 27.4 Å². The monoisotopic (exact) mass is 532 g/mol. The minimum atomic E-state index is -0.549. The van der Waals surface area contributed by atoms with Gasteiger partial charge in [-0.1, -0.05) is 23.7 Å². The van der Waals surface area contributed by atoms with Gasteiger partial charge in [0.1, 0.15) is 34.5 Å². The van der Waals surface area contributed by atoms with Crippen LogP contribution in [0.2, 0.25) is 5.02 Å². The van der Waals surface area contributed by atoms with Gasteiger partial charge < -0.3 is 10.8 Å². The Labute approximate surface area is 218 Å². The molecule has 3 N–H and O–H groups in total. The second-order valence-electron chi connectivity index (χ2n) is 8.49. The fourth-order valence-corrected chi connectivity index (χ4v) is 5.49. The lowest BCUT2D eigenvalue weighted by Crippen LogP contribution is -2.26. The highest BCUT2D eigenvalue weighted by atomic mass is 35.5. The minimum absolute atomic E-state index is 0.00916. The largest absolute Gasteiger partial charge is 0.506 e. The first-order valence-electron chi connectivity index (χ1n) is 11.2. The van der Waals surface area contributed by atoms with Gasteiger partial charge in [-0.15, -0.1) is 11.3 Å². The number of pyridine rings is 1. The van der Waals surface area contributed by atoms with E-state index in [1.165, 1.54) is 34.1 Å². The van der Waals surface area contributed by atoms with Crippen LogP contribution in [0.1, 0.15) is 11.4 Å². The molecule has 0 aliphatic carbocycles. The number of benzene rings is 2. The second kappa shape index (κ2) is 8.68. The van der Waals surface area contributed by atoms with E-state index in [0.29, 0.717) is 38.2 Å². The molecule has 37 heavy (non-hydrogen) atoms. The van der Waals surface area contributed by atoms with Gasteiger partial charge in [-0.25, -0.2) is 19.0 Å². The molecule has 4 aromatic heterocycles. The molecule has 8 nitrogen and oxygen atoms in total. The van der Waals surface area contributed by atoms with Crippen LogP contribution in [0.3, 0.4) is 0 Å². The number of hydrogen-bond donors (Lipinski definition) is 2. The van der Waals surface area contributed by atoms with E-state index in [9.17, 15) is 14.3 Å². The number of aromatic hydroxyl groups is 1. The number of thiophene rings is 1. The Hall–Kier alpha value is -4.28. The highest BCUT2D eigenvalue weighted by Gasteiger charge is 2.22. The normalized spacial score (nSPS) is 11.5. The summed E-state index contributed by atoms with van der Waals surface area (Å²) in [7, 11) is 0.